The number of rotatable bonds is 5. The number of benzene rings is 2. The summed E-state index contributed by atoms with van der Waals surface area (Å²) in [6.45, 7) is 4.85. The van der Waals surface area contributed by atoms with Gasteiger partial charge in [0, 0.05) is 23.6 Å². The fraction of sp³-hybridized carbons (Fsp3) is 0.250. The van der Waals surface area contributed by atoms with Crippen molar-refractivity contribution in [3.63, 3.8) is 0 Å². The zero-order valence-electron chi connectivity index (χ0n) is 16.0. The predicted octanol–water partition coefficient (Wildman–Crippen LogP) is 4.58. The molecule has 0 saturated carbocycles. The van der Waals surface area contributed by atoms with Crippen molar-refractivity contribution in [2.45, 2.75) is 13.3 Å². The molecule has 1 aromatic heterocycles. The molecule has 2 aromatic carbocycles. The number of nitrogens with zero attached hydrogens (tertiary/aromatic N) is 2. The Bertz CT molecular complexity index is 982. The lowest BCUT2D eigenvalue weighted by molar-refractivity contribution is 0.259. The second-order valence-electron chi connectivity index (χ2n) is 7.29. The van der Waals surface area contributed by atoms with Crippen LogP contribution in [-0.4, -0.2) is 24.7 Å². The molecule has 1 aliphatic rings. The van der Waals surface area contributed by atoms with Gasteiger partial charge in [-0.05, 0) is 43.7 Å². The molecule has 0 aliphatic carbocycles. The number of hydrogen-bond donors (Lipinski definition) is 1. The standard InChI is InChI=1S/C24H23N3O/c1-17-2-6-21(7-3-17)24-23(20-8-4-18(13-25)5-9-20)12-22(15-27-24)28-16-19-10-11-26-14-19/h2-9,12,15,19,26H,10-11,14,16H2,1H3/t19-/m0/s1. The highest BCUT2D eigenvalue weighted by Crippen LogP contribution is 2.33. The van der Waals surface area contributed by atoms with Gasteiger partial charge in [-0.25, -0.2) is 0 Å². The molecule has 28 heavy (non-hydrogen) atoms. The van der Waals surface area contributed by atoms with Gasteiger partial charge in [-0.1, -0.05) is 42.0 Å². The highest BCUT2D eigenvalue weighted by molar-refractivity contribution is 5.81. The lowest BCUT2D eigenvalue weighted by Crippen LogP contribution is -2.15. The molecule has 140 valence electrons. The van der Waals surface area contributed by atoms with Crippen molar-refractivity contribution >= 4 is 0 Å². The van der Waals surface area contributed by atoms with E-state index in [9.17, 15) is 0 Å². The molecule has 3 aromatic rings. The Morgan fingerprint density at radius 3 is 2.54 bits per heavy atom. The summed E-state index contributed by atoms with van der Waals surface area (Å²) in [5.74, 6) is 1.33. The lowest BCUT2D eigenvalue weighted by Gasteiger charge is -2.14. The molecule has 1 saturated heterocycles. The summed E-state index contributed by atoms with van der Waals surface area (Å²) >= 11 is 0. The second kappa shape index (κ2) is 8.24. The molecule has 4 heteroatoms. The molecule has 0 radical (unpaired) electrons. The lowest BCUT2D eigenvalue weighted by atomic mass is 9.98. The van der Waals surface area contributed by atoms with Crippen LogP contribution in [0.3, 0.4) is 0 Å². The number of hydrogen-bond acceptors (Lipinski definition) is 4. The Morgan fingerprint density at radius 2 is 1.86 bits per heavy atom. The number of aryl methyl sites for hydroxylation is 1. The van der Waals surface area contributed by atoms with Crippen molar-refractivity contribution in [3.8, 4) is 34.2 Å². The second-order valence-corrected chi connectivity index (χ2v) is 7.29. The Morgan fingerprint density at radius 1 is 1.11 bits per heavy atom. The zero-order valence-corrected chi connectivity index (χ0v) is 16.0. The highest BCUT2D eigenvalue weighted by Gasteiger charge is 2.16. The van der Waals surface area contributed by atoms with Crippen LogP contribution in [0.15, 0.2) is 60.8 Å². The van der Waals surface area contributed by atoms with Gasteiger partial charge in [-0.3, -0.25) is 4.98 Å². The first-order chi connectivity index (χ1) is 13.7. The Labute approximate surface area is 165 Å². The van der Waals surface area contributed by atoms with Crippen LogP contribution in [0.1, 0.15) is 17.5 Å². The van der Waals surface area contributed by atoms with Crippen LogP contribution in [0.25, 0.3) is 22.4 Å². The maximum absolute atomic E-state index is 9.09. The summed E-state index contributed by atoms with van der Waals surface area (Å²) < 4.78 is 6.05. The van der Waals surface area contributed by atoms with Gasteiger partial charge in [0.15, 0.2) is 0 Å². The van der Waals surface area contributed by atoms with Gasteiger partial charge in [-0.2, -0.15) is 5.26 Å². The van der Waals surface area contributed by atoms with Crippen molar-refractivity contribution in [1.82, 2.24) is 10.3 Å². The van der Waals surface area contributed by atoms with E-state index >= 15 is 0 Å². The van der Waals surface area contributed by atoms with Crippen LogP contribution in [0.4, 0.5) is 0 Å². The molecular weight excluding hydrogens is 346 g/mol. The van der Waals surface area contributed by atoms with Crippen LogP contribution in [-0.2, 0) is 0 Å². The predicted molar refractivity (Wildman–Crippen MR) is 111 cm³/mol. The van der Waals surface area contributed by atoms with Crippen LogP contribution >= 0.6 is 0 Å². The molecule has 1 atom stereocenters. The Hall–Kier alpha value is -3.16. The first kappa shape index (κ1) is 18.2. The van der Waals surface area contributed by atoms with Crippen molar-refractivity contribution < 1.29 is 4.74 Å². The van der Waals surface area contributed by atoms with E-state index in [0.29, 0.717) is 18.1 Å². The van der Waals surface area contributed by atoms with Crippen LogP contribution in [0.5, 0.6) is 5.75 Å². The topological polar surface area (TPSA) is 57.9 Å². The van der Waals surface area contributed by atoms with Crippen molar-refractivity contribution in [2.24, 2.45) is 5.92 Å². The average Bonchev–Trinajstić information content (AvgIpc) is 3.27. The van der Waals surface area contributed by atoms with Crippen molar-refractivity contribution in [3.05, 3.63) is 71.9 Å². The summed E-state index contributed by atoms with van der Waals surface area (Å²) in [5.41, 5.74) is 5.88. The largest absolute Gasteiger partial charge is 0.492 e. The monoisotopic (exact) mass is 369 g/mol. The van der Waals surface area contributed by atoms with Gasteiger partial charge >= 0.3 is 0 Å². The highest BCUT2D eigenvalue weighted by atomic mass is 16.5. The molecule has 2 heterocycles. The van der Waals surface area contributed by atoms with Gasteiger partial charge in [0.1, 0.15) is 5.75 Å². The van der Waals surface area contributed by atoms with E-state index in [0.717, 1.165) is 47.6 Å². The van der Waals surface area contributed by atoms with Crippen molar-refractivity contribution in [1.29, 1.82) is 5.26 Å². The fourth-order valence-corrected chi connectivity index (χ4v) is 3.48. The van der Waals surface area contributed by atoms with Gasteiger partial charge in [-0.15, -0.1) is 0 Å². The summed E-state index contributed by atoms with van der Waals surface area (Å²) in [6.07, 6.45) is 2.96. The maximum atomic E-state index is 9.09. The molecule has 4 nitrogen and oxygen atoms in total. The summed E-state index contributed by atoms with van der Waals surface area (Å²) in [7, 11) is 0. The smallest absolute Gasteiger partial charge is 0.138 e. The van der Waals surface area contributed by atoms with E-state index in [-0.39, 0.29) is 0 Å². The summed E-state index contributed by atoms with van der Waals surface area (Å²) in [4.78, 5) is 4.74. The average molecular weight is 369 g/mol. The Balaban J connectivity index is 1.69. The minimum Gasteiger partial charge on any atom is -0.492 e. The molecular formula is C24H23N3O. The number of ether oxygens (including phenoxy) is 1. The number of nitrogens with one attached hydrogen (secondary N) is 1. The maximum Gasteiger partial charge on any atom is 0.138 e. The van der Waals surface area contributed by atoms with Gasteiger partial charge < -0.3 is 10.1 Å². The van der Waals surface area contributed by atoms with Crippen LogP contribution in [0, 0.1) is 24.2 Å². The minimum atomic E-state index is 0.551. The summed E-state index contributed by atoms with van der Waals surface area (Å²) in [5, 5.41) is 12.5. The van der Waals surface area contributed by atoms with Gasteiger partial charge in [0.25, 0.3) is 0 Å². The van der Waals surface area contributed by atoms with Crippen LogP contribution in [0.2, 0.25) is 0 Å². The normalized spacial score (nSPS) is 15.9. The van der Waals surface area contributed by atoms with E-state index in [1.807, 2.05) is 30.5 Å². The Kier molecular flexibility index (Phi) is 5.36. The molecule has 0 bridgehead atoms. The molecule has 1 aliphatic heterocycles. The van der Waals surface area contributed by atoms with Gasteiger partial charge in [0.2, 0.25) is 0 Å². The molecule has 1 N–H and O–H groups in total. The van der Waals surface area contributed by atoms with E-state index < -0.39 is 0 Å². The molecule has 0 unspecified atom stereocenters. The molecule has 4 rings (SSSR count). The summed E-state index contributed by atoms with van der Waals surface area (Å²) in [6, 6.07) is 20.2. The molecule has 0 amide bonds. The number of aromatic nitrogens is 1. The minimum absolute atomic E-state index is 0.551. The third-order valence-electron chi connectivity index (χ3n) is 5.16. The van der Waals surface area contributed by atoms with Crippen LogP contribution < -0.4 is 10.1 Å². The van der Waals surface area contributed by atoms with Crippen molar-refractivity contribution in [2.75, 3.05) is 19.7 Å². The van der Waals surface area contributed by atoms with E-state index in [1.165, 1.54) is 5.56 Å². The SMILES string of the molecule is Cc1ccc(-c2ncc(OC[C@H]3CCNC3)cc2-c2ccc(C#N)cc2)cc1. The molecule has 1 fully saturated rings. The zero-order chi connectivity index (χ0) is 19.3. The third kappa shape index (κ3) is 4.05. The first-order valence-corrected chi connectivity index (χ1v) is 9.64. The van der Waals surface area contributed by atoms with E-state index in [1.54, 1.807) is 0 Å². The molecule has 0 spiro atoms. The van der Waals surface area contributed by atoms with E-state index in [2.05, 4.69) is 48.6 Å². The fourth-order valence-electron chi connectivity index (χ4n) is 3.48. The first-order valence-electron chi connectivity index (χ1n) is 9.64. The quantitative estimate of drug-likeness (QED) is 0.715. The van der Waals surface area contributed by atoms with Gasteiger partial charge in [0.05, 0.1) is 30.1 Å². The number of pyridine rings is 1. The third-order valence-corrected chi connectivity index (χ3v) is 5.16. The van der Waals surface area contributed by atoms with E-state index in [4.69, 9.17) is 15.0 Å². The number of nitriles is 1.